The van der Waals surface area contributed by atoms with Crippen LogP contribution in [0.4, 0.5) is 14.9 Å². The molecule has 0 radical (unpaired) electrons. The normalized spacial score (nSPS) is 20.5. The summed E-state index contributed by atoms with van der Waals surface area (Å²) < 4.78 is 13.6. The van der Waals surface area contributed by atoms with Crippen LogP contribution < -0.4 is 15.5 Å². The molecule has 1 saturated carbocycles. The molecule has 0 aliphatic heterocycles. The van der Waals surface area contributed by atoms with Gasteiger partial charge in [-0.15, -0.1) is 0 Å². The van der Waals surface area contributed by atoms with Crippen molar-refractivity contribution in [1.82, 2.24) is 10.6 Å². The molecule has 5 nitrogen and oxygen atoms in total. The van der Waals surface area contributed by atoms with Crippen molar-refractivity contribution in [3.63, 3.8) is 0 Å². The van der Waals surface area contributed by atoms with Crippen LogP contribution >= 0.6 is 0 Å². The van der Waals surface area contributed by atoms with E-state index in [-0.39, 0.29) is 18.0 Å². The molecular weight excluding hydrogens is 309 g/mol. The first kappa shape index (κ1) is 18.5. The van der Waals surface area contributed by atoms with E-state index in [1.54, 1.807) is 12.1 Å². The largest absolute Gasteiger partial charge is 0.393 e. The van der Waals surface area contributed by atoms with Crippen LogP contribution in [-0.4, -0.2) is 43.9 Å². The molecule has 0 heterocycles. The Hall–Kier alpha value is -1.82. The summed E-state index contributed by atoms with van der Waals surface area (Å²) in [7, 11) is 1.84. The number of carbonyl (C=O) groups is 1. The molecule has 0 spiro atoms. The first-order valence-corrected chi connectivity index (χ1v) is 8.71. The van der Waals surface area contributed by atoms with E-state index >= 15 is 0 Å². The minimum atomic E-state index is -0.236. The van der Waals surface area contributed by atoms with E-state index < -0.39 is 0 Å². The van der Waals surface area contributed by atoms with E-state index in [0.29, 0.717) is 31.2 Å². The van der Waals surface area contributed by atoms with Gasteiger partial charge in [-0.05, 0) is 43.7 Å². The first-order chi connectivity index (χ1) is 11.6. The SMILES string of the molecule is CN(CCCNC(=O)NCC1CCCC(O)C1)c1ccccc1F. The average molecular weight is 337 g/mol. The molecule has 2 rings (SSSR count). The van der Waals surface area contributed by atoms with Crippen LogP contribution in [-0.2, 0) is 0 Å². The van der Waals surface area contributed by atoms with Crippen molar-refractivity contribution in [2.45, 2.75) is 38.2 Å². The lowest BCUT2D eigenvalue weighted by atomic mass is 9.87. The predicted octanol–water partition coefficient (Wildman–Crippen LogP) is 2.50. The number of hydrogen-bond acceptors (Lipinski definition) is 3. The van der Waals surface area contributed by atoms with Crippen LogP contribution in [0, 0.1) is 11.7 Å². The molecule has 1 aliphatic carbocycles. The van der Waals surface area contributed by atoms with Gasteiger partial charge in [0.1, 0.15) is 5.82 Å². The third kappa shape index (κ3) is 6.00. The number of carbonyl (C=O) groups excluding carboxylic acids is 1. The number of aliphatic hydroxyl groups excluding tert-OH is 1. The lowest BCUT2D eigenvalue weighted by Gasteiger charge is -2.26. The highest BCUT2D eigenvalue weighted by Gasteiger charge is 2.20. The number of hydrogen-bond donors (Lipinski definition) is 3. The van der Waals surface area contributed by atoms with Gasteiger partial charge < -0.3 is 20.6 Å². The molecule has 134 valence electrons. The number of anilines is 1. The smallest absolute Gasteiger partial charge is 0.314 e. The summed E-state index contributed by atoms with van der Waals surface area (Å²) in [6.45, 7) is 1.81. The average Bonchev–Trinajstić information content (AvgIpc) is 2.57. The quantitative estimate of drug-likeness (QED) is 0.670. The van der Waals surface area contributed by atoms with Crippen LogP contribution in [0.3, 0.4) is 0 Å². The monoisotopic (exact) mass is 337 g/mol. The van der Waals surface area contributed by atoms with Gasteiger partial charge in [-0.25, -0.2) is 9.18 Å². The van der Waals surface area contributed by atoms with Crippen molar-refractivity contribution in [3.05, 3.63) is 30.1 Å². The topological polar surface area (TPSA) is 64.6 Å². The van der Waals surface area contributed by atoms with Gasteiger partial charge in [-0.3, -0.25) is 0 Å². The second-order valence-electron chi connectivity index (χ2n) is 6.55. The number of nitrogens with zero attached hydrogens (tertiary/aromatic N) is 1. The Morgan fingerprint density at radius 1 is 1.33 bits per heavy atom. The third-order valence-corrected chi connectivity index (χ3v) is 4.53. The summed E-state index contributed by atoms with van der Waals surface area (Å²) in [6, 6.07) is 6.49. The van der Waals surface area contributed by atoms with E-state index in [1.807, 2.05) is 18.0 Å². The highest BCUT2D eigenvalue weighted by molar-refractivity contribution is 5.73. The molecule has 6 heteroatoms. The van der Waals surface area contributed by atoms with E-state index in [9.17, 15) is 14.3 Å². The number of halogens is 1. The van der Waals surface area contributed by atoms with Crippen molar-refractivity contribution in [3.8, 4) is 0 Å². The highest BCUT2D eigenvalue weighted by Crippen LogP contribution is 2.23. The number of rotatable bonds is 7. The fourth-order valence-corrected chi connectivity index (χ4v) is 3.15. The van der Waals surface area contributed by atoms with Gasteiger partial charge in [0.05, 0.1) is 11.8 Å². The molecule has 1 aromatic rings. The Kier molecular flexibility index (Phi) is 7.31. The summed E-state index contributed by atoms with van der Waals surface area (Å²) in [5, 5.41) is 15.3. The maximum Gasteiger partial charge on any atom is 0.314 e. The molecule has 1 aliphatic rings. The summed E-state index contributed by atoms with van der Waals surface area (Å²) in [5.41, 5.74) is 0.567. The molecule has 0 saturated heterocycles. The van der Waals surface area contributed by atoms with E-state index in [1.165, 1.54) is 6.07 Å². The zero-order valence-electron chi connectivity index (χ0n) is 14.3. The van der Waals surface area contributed by atoms with Gasteiger partial charge in [-0.1, -0.05) is 18.6 Å². The molecule has 0 bridgehead atoms. The van der Waals surface area contributed by atoms with Gasteiger partial charge in [0.15, 0.2) is 0 Å². The van der Waals surface area contributed by atoms with Crippen LogP contribution in [0.1, 0.15) is 32.1 Å². The lowest BCUT2D eigenvalue weighted by molar-refractivity contribution is 0.101. The molecule has 1 fully saturated rings. The maximum absolute atomic E-state index is 13.6. The van der Waals surface area contributed by atoms with Gasteiger partial charge in [0, 0.05) is 26.7 Å². The van der Waals surface area contributed by atoms with Crippen LogP contribution in [0.25, 0.3) is 0 Å². The molecule has 2 atom stereocenters. The van der Waals surface area contributed by atoms with Crippen LogP contribution in [0.2, 0.25) is 0 Å². The molecule has 2 unspecified atom stereocenters. The lowest BCUT2D eigenvalue weighted by Crippen LogP contribution is -2.40. The highest BCUT2D eigenvalue weighted by atomic mass is 19.1. The Morgan fingerprint density at radius 2 is 2.12 bits per heavy atom. The number of benzene rings is 1. The zero-order valence-corrected chi connectivity index (χ0v) is 14.3. The fraction of sp³-hybridized carbons (Fsp3) is 0.611. The summed E-state index contributed by atoms with van der Waals surface area (Å²) in [5.74, 6) is 0.132. The van der Waals surface area contributed by atoms with Gasteiger partial charge in [-0.2, -0.15) is 0 Å². The molecule has 24 heavy (non-hydrogen) atoms. The predicted molar refractivity (Wildman–Crippen MR) is 93.7 cm³/mol. The molecule has 2 amide bonds. The number of aliphatic hydroxyl groups is 1. The number of nitrogens with one attached hydrogen (secondary N) is 2. The maximum atomic E-state index is 13.6. The fourth-order valence-electron chi connectivity index (χ4n) is 3.15. The summed E-state index contributed by atoms with van der Waals surface area (Å²) in [6.07, 6.45) is 4.25. The Morgan fingerprint density at radius 3 is 2.88 bits per heavy atom. The number of para-hydroxylation sites is 1. The molecule has 1 aromatic carbocycles. The Bertz CT molecular complexity index is 527. The number of urea groups is 1. The van der Waals surface area contributed by atoms with E-state index in [2.05, 4.69) is 10.6 Å². The standard InChI is InChI=1S/C18H28FN3O2/c1-22(17-9-3-2-8-16(17)19)11-5-10-20-18(24)21-13-14-6-4-7-15(23)12-14/h2-3,8-9,14-15,23H,4-7,10-13H2,1H3,(H2,20,21,24). The zero-order chi connectivity index (χ0) is 17.4. The third-order valence-electron chi connectivity index (χ3n) is 4.53. The van der Waals surface area contributed by atoms with E-state index in [4.69, 9.17) is 0 Å². The molecule has 3 N–H and O–H groups in total. The van der Waals surface area contributed by atoms with Crippen molar-refractivity contribution >= 4 is 11.7 Å². The minimum absolute atomic E-state index is 0.177. The number of amides is 2. The second kappa shape index (κ2) is 9.47. The van der Waals surface area contributed by atoms with Crippen molar-refractivity contribution in [2.24, 2.45) is 5.92 Å². The Balaban J connectivity index is 1.58. The molecular formula is C18H28FN3O2. The van der Waals surface area contributed by atoms with Crippen molar-refractivity contribution in [2.75, 3.05) is 31.6 Å². The van der Waals surface area contributed by atoms with Crippen LogP contribution in [0.15, 0.2) is 24.3 Å². The Labute approximate surface area is 143 Å². The molecule has 0 aromatic heterocycles. The van der Waals surface area contributed by atoms with E-state index in [0.717, 1.165) is 32.1 Å². The van der Waals surface area contributed by atoms with Crippen LogP contribution in [0.5, 0.6) is 0 Å². The summed E-state index contributed by atoms with van der Waals surface area (Å²) >= 11 is 0. The van der Waals surface area contributed by atoms with Gasteiger partial charge in [0.25, 0.3) is 0 Å². The minimum Gasteiger partial charge on any atom is -0.393 e. The van der Waals surface area contributed by atoms with Gasteiger partial charge >= 0.3 is 6.03 Å². The van der Waals surface area contributed by atoms with Crippen molar-refractivity contribution in [1.29, 1.82) is 0 Å². The first-order valence-electron chi connectivity index (χ1n) is 8.71. The second-order valence-corrected chi connectivity index (χ2v) is 6.55. The summed E-state index contributed by atoms with van der Waals surface area (Å²) in [4.78, 5) is 13.6. The van der Waals surface area contributed by atoms with Gasteiger partial charge in [0.2, 0.25) is 0 Å². The van der Waals surface area contributed by atoms with Crippen molar-refractivity contribution < 1.29 is 14.3 Å².